The first kappa shape index (κ1) is 12.1. The Kier molecular flexibility index (Phi) is 3.62. The highest BCUT2D eigenvalue weighted by Gasteiger charge is 2.22. The zero-order valence-corrected chi connectivity index (χ0v) is 11.7. The molecule has 0 radical (unpaired) electrons. The molecule has 0 aliphatic heterocycles. The molecule has 1 aliphatic rings. The van der Waals surface area contributed by atoms with Crippen molar-refractivity contribution in [3.8, 4) is 0 Å². The van der Waals surface area contributed by atoms with Crippen molar-refractivity contribution in [1.29, 1.82) is 0 Å². The molecule has 94 valence electrons. The number of hydrogen-bond acceptors (Lipinski definition) is 3. The molecule has 0 fully saturated rings. The second-order valence-corrected chi connectivity index (χ2v) is 6.15. The maximum atomic E-state index is 5.74. The maximum absolute atomic E-state index is 5.74. The van der Waals surface area contributed by atoms with Crippen molar-refractivity contribution in [1.82, 2.24) is 10.2 Å². The van der Waals surface area contributed by atoms with Crippen molar-refractivity contribution in [3.63, 3.8) is 0 Å². The highest BCUT2D eigenvalue weighted by molar-refractivity contribution is 7.11. The molecule has 0 saturated carbocycles. The molecule has 2 nitrogen and oxygen atoms in total. The average molecular weight is 279 g/mol. The van der Waals surface area contributed by atoms with Gasteiger partial charge in [-0.15, -0.1) is 33.1 Å². The van der Waals surface area contributed by atoms with E-state index in [1.165, 1.54) is 22.6 Å². The van der Waals surface area contributed by atoms with Gasteiger partial charge in [0.15, 0.2) is 0 Å². The van der Waals surface area contributed by atoms with E-state index in [0.717, 1.165) is 24.3 Å². The van der Waals surface area contributed by atoms with E-state index in [1.807, 2.05) is 0 Å². The summed E-state index contributed by atoms with van der Waals surface area (Å²) < 4.78 is 0. The number of halogens is 1. The predicted molar refractivity (Wildman–Crippen MR) is 75.5 cm³/mol. The summed E-state index contributed by atoms with van der Waals surface area (Å²) in [6.07, 6.45) is 4.28. The molecule has 4 heteroatoms. The normalized spacial score (nSPS) is 18.6. The topological polar surface area (TPSA) is 25.8 Å². The molecule has 3 rings (SSSR count). The number of hydrogen-bond donors (Lipinski definition) is 0. The van der Waals surface area contributed by atoms with Crippen LogP contribution in [0.5, 0.6) is 0 Å². The Hall–Kier alpha value is -0.930. The van der Waals surface area contributed by atoms with Crippen LogP contribution in [0.3, 0.4) is 0 Å². The van der Waals surface area contributed by atoms with Crippen LogP contribution in [0.15, 0.2) is 24.3 Å². The molecular formula is C14H15ClN2S. The smallest absolute Gasteiger partial charge is 0.120 e. The second-order valence-electron chi connectivity index (χ2n) is 4.68. The van der Waals surface area contributed by atoms with Gasteiger partial charge < -0.3 is 0 Å². The van der Waals surface area contributed by atoms with Crippen molar-refractivity contribution < 1.29 is 0 Å². The average Bonchev–Trinajstić information content (AvgIpc) is 2.87. The molecule has 1 heterocycles. The van der Waals surface area contributed by atoms with Crippen LogP contribution in [0.4, 0.5) is 0 Å². The maximum Gasteiger partial charge on any atom is 0.120 e. The Morgan fingerprint density at radius 1 is 1.22 bits per heavy atom. The van der Waals surface area contributed by atoms with Crippen LogP contribution in [0, 0.1) is 0 Å². The molecule has 1 aromatic carbocycles. The third kappa shape index (κ3) is 2.43. The first-order valence-electron chi connectivity index (χ1n) is 6.32. The van der Waals surface area contributed by atoms with Crippen LogP contribution in [0.25, 0.3) is 0 Å². The van der Waals surface area contributed by atoms with Gasteiger partial charge in [-0.2, -0.15) is 0 Å². The predicted octanol–water partition coefficient (Wildman–Crippen LogP) is 3.59. The number of aryl methyl sites for hydroxylation is 2. The molecule has 0 bridgehead atoms. The fourth-order valence-electron chi connectivity index (χ4n) is 2.52. The van der Waals surface area contributed by atoms with E-state index in [0.29, 0.717) is 11.8 Å². The minimum Gasteiger partial charge on any atom is -0.144 e. The molecule has 0 amide bonds. The van der Waals surface area contributed by atoms with Crippen LogP contribution >= 0.6 is 22.9 Å². The number of nitrogens with zero attached hydrogens (tertiary/aromatic N) is 2. The van der Waals surface area contributed by atoms with E-state index in [9.17, 15) is 0 Å². The highest BCUT2D eigenvalue weighted by atomic mass is 35.5. The molecule has 0 N–H and O–H groups in total. The first-order valence-corrected chi connectivity index (χ1v) is 7.67. The minimum absolute atomic E-state index is 0.543. The van der Waals surface area contributed by atoms with Gasteiger partial charge >= 0.3 is 0 Å². The van der Waals surface area contributed by atoms with Crippen LogP contribution in [0.2, 0.25) is 0 Å². The largest absolute Gasteiger partial charge is 0.144 e. The van der Waals surface area contributed by atoms with Gasteiger partial charge in [0.1, 0.15) is 10.0 Å². The van der Waals surface area contributed by atoms with Crippen molar-refractivity contribution in [3.05, 3.63) is 45.4 Å². The van der Waals surface area contributed by atoms with Crippen LogP contribution in [-0.4, -0.2) is 16.1 Å². The Balaban J connectivity index is 1.78. The lowest BCUT2D eigenvalue weighted by molar-refractivity contribution is 0.577. The molecule has 2 aromatic rings. The number of fused-ring (bicyclic) bond motifs is 1. The summed E-state index contributed by atoms with van der Waals surface area (Å²) in [4.78, 5) is 0. The summed E-state index contributed by atoms with van der Waals surface area (Å²) in [6.45, 7) is 0. The summed E-state index contributed by atoms with van der Waals surface area (Å²) in [6, 6.07) is 8.73. The number of aromatic nitrogens is 2. The van der Waals surface area contributed by atoms with E-state index in [1.54, 1.807) is 11.3 Å². The summed E-state index contributed by atoms with van der Waals surface area (Å²) in [5.41, 5.74) is 2.97. The van der Waals surface area contributed by atoms with E-state index in [-0.39, 0.29) is 0 Å². The fourth-order valence-corrected chi connectivity index (χ4v) is 3.79. The first-order chi connectivity index (χ1) is 8.86. The Labute approximate surface area is 116 Å². The van der Waals surface area contributed by atoms with Crippen molar-refractivity contribution in [2.24, 2.45) is 0 Å². The van der Waals surface area contributed by atoms with Gasteiger partial charge in [0.25, 0.3) is 0 Å². The van der Waals surface area contributed by atoms with E-state index in [4.69, 9.17) is 11.6 Å². The number of alkyl halides is 1. The fraction of sp³-hybridized carbons (Fsp3) is 0.429. The Morgan fingerprint density at radius 2 is 2.06 bits per heavy atom. The molecule has 1 unspecified atom stereocenters. The van der Waals surface area contributed by atoms with Crippen LogP contribution in [0.1, 0.15) is 33.5 Å². The van der Waals surface area contributed by atoms with Crippen LogP contribution in [-0.2, 0) is 19.3 Å². The SMILES string of the molecule is ClCCc1nnc(C2CCc3ccccc3C2)s1. The van der Waals surface area contributed by atoms with Crippen LogP contribution < -0.4 is 0 Å². The van der Waals surface area contributed by atoms with Gasteiger partial charge in [-0.25, -0.2) is 0 Å². The third-order valence-corrected chi connectivity index (χ3v) is 4.82. The monoisotopic (exact) mass is 278 g/mol. The molecule has 1 aromatic heterocycles. The lowest BCUT2D eigenvalue weighted by Crippen LogP contribution is -2.12. The zero-order valence-electron chi connectivity index (χ0n) is 10.1. The van der Waals surface area contributed by atoms with Gasteiger partial charge in [-0.1, -0.05) is 24.3 Å². The molecule has 1 aliphatic carbocycles. The van der Waals surface area contributed by atoms with Gasteiger partial charge in [0, 0.05) is 18.2 Å². The van der Waals surface area contributed by atoms with Crippen molar-refractivity contribution in [2.75, 3.05) is 5.88 Å². The van der Waals surface area contributed by atoms with Gasteiger partial charge in [0.05, 0.1) is 0 Å². The quantitative estimate of drug-likeness (QED) is 0.802. The lowest BCUT2D eigenvalue weighted by Gasteiger charge is -2.22. The second kappa shape index (κ2) is 5.37. The lowest BCUT2D eigenvalue weighted by atomic mass is 9.84. The molecule has 0 saturated heterocycles. The van der Waals surface area contributed by atoms with E-state index >= 15 is 0 Å². The summed E-state index contributed by atoms with van der Waals surface area (Å²) in [5.74, 6) is 1.17. The Bertz CT molecular complexity index is 538. The van der Waals surface area contributed by atoms with Crippen molar-refractivity contribution in [2.45, 2.75) is 31.6 Å². The molecule has 18 heavy (non-hydrogen) atoms. The summed E-state index contributed by atoms with van der Waals surface area (Å²) >= 11 is 7.47. The third-order valence-electron chi connectivity index (χ3n) is 3.49. The molecular weight excluding hydrogens is 264 g/mol. The molecule has 0 spiro atoms. The van der Waals surface area contributed by atoms with Gasteiger partial charge in [-0.3, -0.25) is 0 Å². The Morgan fingerprint density at radius 3 is 2.89 bits per heavy atom. The number of benzene rings is 1. The van der Waals surface area contributed by atoms with Crippen molar-refractivity contribution >= 4 is 22.9 Å². The van der Waals surface area contributed by atoms with Gasteiger partial charge in [0.2, 0.25) is 0 Å². The standard InChI is InChI=1S/C14H15ClN2S/c15-8-7-13-16-17-14(18-13)12-6-5-10-3-1-2-4-11(10)9-12/h1-4,12H,5-9H2. The summed E-state index contributed by atoms with van der Waals surface area (Å²) in [7, 11) is 0. The van der Waals surface area contributed by atoms with E-state index < -0.39 is 0 Å². The zero-order chi connectivity index (χ0) is 12.4. The highest BCUT2D eigenvalue weighted by Crippen LogP contribution is 2.33. The van der Waals surface area contributed by atoms with Gasteiger partial charge in [-0.05, 0) is 30.4 Å². The number of rotatable bonds is 3. The minimum atomic E-state index is 0.543. The molecule has 1 atom stereocenters. The summed E-state index contributed by atoms with van der Waals surface area (Å²) in [5, 5.41) is 10.8. The van der Waals surface area contributed by atoms with E-state index in [2.05, 4.69) is 34.5 Å².